The average molecular weight is 153 g/mol. The first-order valence-corrected chi connectivity index (χ1v) is 4.20. The van der Waals surface area contributed by atoms with Crippen LogP contribution in [0.2, 0.25) is 6.82 Å². The molecule has 1 aliphatic rings. The van der Waals surface area contributed by atoms with Crippen LogP contribution >= 0.6 is 0 Å². The van der Waals surface area contributed by atoms with Gasteiger partial charge in [0.1, 0.15) is 0 Å². The lowest BCUT2D eigenvalue weighted by Crippen LogP contribution is -2.53. The first-order valence-electron chi connectivity index (χ1n) is 4.20. The predicted molar refractivity (Wildman–Crippen MR) is 48.3 cm³/mol. The Morgan fingerprint density at radius 1 is 1.64 bits per heavy atom. The molecule has 62 valence electrons. The topological polar surface area (TPSA) is 23.5 Å². The first kappa shape index (κ1) is 8.82. The van der Waals surface area contributed by atoms with Crippen molar-refractivity contribution in [2.24, 2.45) is 5.92 Å². The number of hydrogen-bond acceptors (Lipinski definition) is 2. The molecule has 0 aromatic rings. The van der Waals surface area contributed by atoms with E-state index in [0.717, 1.165) is 13.1 Å². The van der Waals surface area contributed by atoms with Crippen LogP contribution in [0.1, 0.15) is 13.8 Å². The molecule has 0 aromatic carbocycles. The van der Waals surface area contributed by atoms with Gasteiger partial charge in [-0.2, -0.15) is 0 Å². The molecule has 11 heavy (non-hydrogen) atoms. The van der Waals surface area contributed by atoms with Gasteiger partial charge in [-0.3, -0.25) is 0 Å². The summed E-state index contributed by atoms with van der Waals surface area (Å²) in [7, 11) is -0.268. The first-order chi connectivity index (χ1) is 5.15. The molecule has 0 atom stereocenters. The van der Waals surface area contributed by atoms with E-state index in [4.69, 9.17) is 5.02 Å². The second kappa shape index (κ2) is 3.41. The van der Waals surface area contributed by atoms with Gasteiger partial charge in [0.2, 0.25) is 0 Å². The molecule has 0 amide bonds. The summed E-state index contributed by atoms with van der Waals surface area (Å²) >= 11 is 0. The van der Waals surface area contributed by atoms with Crippen molar-refractivity contribution in [1.82, 2.24) is 4.81 Å². The maximum Gasteiger partial charge on any atom is 0.376 e. The summed E-state index contributed by atoms with van der Waals surface area (Å²) in [5.74, 6) is 0.689. The van der Waals surface area contributed by atoms with E-state index >= 15 is 0 Å². The minimum Gasteiger partial charge on any atom is -0.437 e. The number of hydrogen-bond donors (Lipinski definition) is 1. The smallest absolute Gasteiger partial charge is 0.376 e. The molecule has 1 fully saturated rings. The molecule has 0 radical (unpaired) electrons. The monoisotopic (exact) mass is 153 g/mol. The standard InChI is InChI=1S/C8H16BNO/c1-4-7(2)8-5-10(6-8)9(3)11/h4,8,11H,5-6H2,1-3H3/b7-4-. The number of rotatable bonds is 2. The third kappa shape index (κ3) is 1.85. The molecule has 0 saturated carbocycles. The van der Waals surface area contributed by atoms with Gasteiger partial charge >= 0.3 is 7.05 Å². The molecule has 0 bridgehead atoms. The molecule has 0 aromatic heterocycles. The molecule has 1 N–H and O–H groups in total. The van der Waals surface area contributed by atoms with E-state index in [1.54, 1.807) is 0 Å². The quantitative estimate of drug-likeness (QED) is 0.472. The second-order valence-corrected chi connectivity index (χ2v) is 3.32. The van der Waals surface area contributed by atoms with Crippen LogP contribution in [-0.4, -0.2) is 30.0 Å². The molecular formula is C8H16BNO. The Bertz CT molecular complexity index is 161. The van der Waals surface area contributed by atoms with Crippen LogP contribution in [0.4, 0.5) is 0 Å². The summed E-state index contributed by atoms with van der Waals surface area (Å²) in [6, 6.07) is 0. The Labute approximate surface area is 69.0 Å². The van der Waals surface area contributed by atoms with E-state index in [-0.39, 0.29) is 7.05 Å². The maximum absolute atomic E-state index is 9.15. The van der Waals surface area contributed by atoms with E-state index in [1.807, 2.05) is 6.82 Å². The maximum atomic E-state index is 9.15. The summed E-state index contributed by atoms with van der Waals surface area (Å²) in [5, 5.41) is 9.15. The Morgan fingerprint density at radius 2 is 2.18 bits per heavy atom. The molecule has 0 aliphatic carbocycles. The highest BCUT2D eigenvalue weighted by Gasteiger charge is 2.31. The highest BCUT2D eigenvalue weighted by atomic mass is 16.2. The molecule has 1 heterocycles. The Morgan fingerprint density at radius 3 is 2.55 bits per heavy atom. The van der Waals surface area contributed by atoms with Gasteiger partial charge in [-0.1, -0.05) is 11.6 Å². The molecule has 1 aliphatic heterocycles. The van der Waals surface area contributed by atoms with Crippen molar-refractivity contribution in [2.45, 2.75) is 20.7 Å². The van der Waals surface area contributed by atoms with Gasteiger partial charge in [-0.05, 0) is 33.8 Å². The van der Waals surface area contributed by atoms with Gasteiger partial charge in [0, 0.05) is 5.92 Å². The molecule has 3 heteroatoms. The Balaban J connectivity index is 2.29. The lowest BCUT2D eigenvalue weighted by atomic mass is 9.76. The van der Waals surface area contributed by atoms with Crippen LogP contribution in [0.25, 0.3) is 0 Å². The van der Waals surface area contributed by atoms with E-state index in [9.17, 15) is 0 Å². The fraction of sp³-hybridized carbons (Fsp3) is 0.750. The van der Waals surface area contributed by atoms with Crippen LogP contribution in [0.15, 0.2) is 11.6 Å². The van der Waals surface area contributed by atoms with Gasteiger partial charge in [-0.15, -0.1) is 0 Å². The number of allylic oxidation sites excluding steroid dienone is 1. The third-order valence-electron chi connectivity index (χ3n) is 2.54. The highest BCUT2D eigenvalue weighted by Crippen LogP contribution is 2.22. The number of nitrogens with zero attached hydrogens (tertiary/aromatic N) is 1. The molecule has 0 spiro atoms. The summed E-state index contributed by atoms with van der Waals surface area (Å²) in [5.41, 5.74) is 1.45. The van der Waals surface area contributed by atoms with Crippen molar-refractivity contribution in [3.63, 3.8) is 0 Å². The Kier molecular flexibility index (Phi) is 2.74. The van der Waals surface area contributed by atoms with Crippen LogP contribution in [0, 0.1) is 5.92 Å². The van der Waals surface area contributed by atoms with Gasteiger partial charge in [0.05, 0.1) is 0 Å². The minimum absolute atomic E-state index is 0.268. The highest BCUT2D eigenvalue weighted by molar-refractivity contribution is 6.45. The zero-order valence-electron chi connectivity index (χ0n) is 7.54. The molecule has 2 nitrogen and oxygen atoms in total. The van der Waals surface area contributed by atoms with Crippen molar-refractivity contribution in [3.8, 4) is 0 Å². The fourth-order valence-corrected chi connectivity index (χ4v) is 1.34. The van der Waals surface area contributed by atoms with Crippen LogP contribution in [0.5, 0.6) is 0 Å². The van der Waals surface area contributed by atoms with Gasteiger partial charge in [-0.25, -0.2) is 0 Å². The summed E-state index contributed by atoms with van der Waals surface area (Å²) < 4.78 is 0. The zero-order valence-corrected chi connectivity index (χ0v) is 7.54. The minimum atomic E-state index is -0.268. The fourth-order valence-electron chi connectivity index (χ4n) is 1.34. The van der Waals surface area contributed by atoms with Crippen molar-refractivity contribution in [3.05, 3.63) is 11.6 Å². The van der Waals surface area contributed by atoms with Crippen molar-refractivity contribution < 1.29 is 5.02 Å². The summed E-state index contributed by atoms with van der Waals surface area (Å²) in [4.78, 5) is 2.07. The molecular weight excluding hydrogens is 137 g/mol. The third-order valence-corrected chi connectivity index (χ3v) is 2.54. The Hall–Kier alpha value is -0.275. The zero-order chi connectivity index (χ0) is 8.43. The van der Waals surface area contributed by atoms with Crippen molar-refractivity contribution >= 4 is 7.05 Å². The van der Waals surface area contributed by atoms with E-state index in [1.165, 1.54) is 5.57 Å². The van der Waals surface area contributed by atoms with E-state index in [2.05, 4.69) is 24.7 Å². The van der Waals surface area contributed by atoms with Crippen LogP contribution in [0.3, 0.4) is 0 Å². The lowest BCUT2D eigenvalue weighted by Gasteiger charge is -2.40. The van der Waals surface area contributed by atoms with E-state index < -0.39 is 0 Å². The van der Waals surface area contributed by atoms with Gasteiger partial charge in [0.15, 0.2) is 0 Å². The van der Waals surface area contributed by atoms with Gasteiger partial charge in [0.25, 0.3) is 0 Å². The average Bonchev–Trinajstić information content (AvgIpc) is 1.83. The summed E-state index contributed by atoms with van der Waals surface area (Å²) in [6.45, 7) is 8.09. The molecule has 1 rings (SSSR count). The largest absolute Gasteiger partial charge is 0.437 e. The van der Waals surface area contributed by atoms with Gasteiger partial charge < -0.3 is 9.83 Å². The molecule has 1 saturated heterocycles. The normalized spacial score (nSPS) is 21.6. The van der Waals surface area contributed by atoms with E-state index in [0.29, 0.717) is 5.92 Å². The van der Waals surface area contributed by atoms with Crippen LogP contribution < -0.4 is 0 Å². The van der Waals surface area contributed by atoms with Crippen LogP contribution in [-0.2, 0) is 0 Å². The predicted octanol–water partition coefficient (Wildman–Crippen LogP) is 0.995. The summed E-state index contributed by atoms with van der Waals surface area (Å²) in [6.07, 6.45) is 2.16. The molecule has 0 unspecified atom stereocenters. The SMILES string of the molecule is C/C=C(/C)C1CN(B(C)O)C1. The van der Waals surface area contributed by atoms with Crippen molar-refractivity contribution in [1.29, 1.82) is 0 Å². The lowest BCUT2D eigenvalue weighted by molar-refractivity contribution is 0.203. The van der Waals surface area contributed by atoms with Crippen molar-refractivity contribution in [2.75, 3.05) is 13.1 Å². The second-order valence-electron chi connectivity index (χ2n) is 3.32.